The average molecular weight is 411 g/mol. The van der Waals surface area contributed by atoms with Gasteiger partial charge in [-0.05, 0) is 57.2 Å². The molecule has 1 amide bonds. The van der Waals surface area contributed by atoms with Crippen LogP contribution in [0.1, 0.15) is 28.4 Å². The van der Waals surface area contributed by atoms with E-state index in [0.29, 0.717) is 10.6 Å². The van der Waals surface area contributed by atoms with E-state index >= 15 is 0 Å². The first-order valence-electron chi connectivity index (χ1n) is 8.23. The molecule has 0 radical (unpaired) electrons. The Morgan fingerprint density at radius 3 is 2.30 bits per heavy atom. The first kappa shape index (κ1) is 21.1. The van der Waals surface area contributed by atoms with Gasteiger partial charge in [-0.15, -0.1) is 11.3 Å². The monoisotopic (exact) mass is 410 g/mol. The fraction of sp³-hybridized carbons (Fsp3) is 0.333. The molecule has 0 bridgehead atoms. The summed E-state index contributed by atoms with van der Waals surface area (Å²) in [4.78, 5) is 25.3. The van der Waals surface area contributed by atoms with Gasteiger partial charge < -0.3 is 10.1 Å². The molecule has 1 aromatic heterocycles. The van der Waals surface area contributed by atoms with Crippen LogP contribution in [0, 0.1) is 6.92 Å². The molecule has 1 aromatic carbocycles. The number of amides is 1. The second kappa shape index (κ2) is 8.64. The molecule has 9 heteroatoms. The molecule has 0 spiro atoms. The maximum Gasteiger partial charge on any atom is 0.348 e. The minimum atomic E-state index is -3.58. The van der Waals surface area contributed by atoms with Crippen molar-refractivity contribution >= 4 is 38.9 Å². The molecule has 0 fully saturated rings. The Balaban J connectivity index is 1.94. The highest BCUT2D eigenvalue weighted by atomic mass is 32.2. The third-order valence-electron chi connectivity index (χ3n) is 3.82. The van der Waals surface area contributed by atoms with E-state index in [1.165, 1.54) is 47.0 Å². The Kier molecular flexibility index (Phi) is 6.74. The van der Waals surface area contributed by atoms with Crippen molar-refractivity contribution in [2.24, 2.45) is 0 Å². The van der Waals surface area contributed by atoms with E-state index in [-0.39, 0.29) is 10.9 Å². The molecule has 2 aromatic rings. The van der Waals surface area contributed by atoms with Gasteiger partial charge in [0.05, 0.1) is 4.90 Å². The number of ether oxygens (including phenoxy) is 1. The van der Waals surface area contributed by atoms with Gasteiger partial charge in [-0.1, -0.05) is 0 Å². The number of hydrogen-bond donors (Lipinski definition) is 1. The summed E-state index contributed by atoms with van der Waals surface area (Å²) >= 11 is 1.29. The van der Waals surface area contributed by atoms with Crippen molar-refractivity contribution in [3.63, 3.8) is 0 Å². The van der Waals surface area contributed by atoms with Gasteiger partial charge in [0, 0.05) is 23.7 Å². The first-order valence-corrected chi connectivity index (χ1v) is 10.5. The number of esters is 1. The zero-order chi connectivity index (χ0) is 20.2. The average Bonchev–Trinajstić information content (AvgIpc) is 3.06. The molecular weight excluding hydrogens is 388 g/mol. The molecule has 1 N–H and O–H groups in total. The van der Waals surface area contributed by atoms with Gasteiger partial charge in [-0.2, -0.15) is 4.31 Å². The lowest BCUT2D eigenvalue weighted by Crippen LogP contribution is -2.33. The van der Waals surface area contributed by atoms with Crippen molar-refractivity contribution in [3.8, 4) is 0 Å². The highest BCUT2D eigenvalue weighted by molar-refractivity contribution is 7.89. The molecule has 0 saturated carbocycles. The second-order valence-corrected chi connectivity index (χ2v) is 9.46. The number of rotatable bonds is 7. The highest BCUT2D eigenvalue weighted by Crippen LogP contribution is 2.19. The van der Waals surface area contributed by atoms with Crippen LogP contribution in [0.5, 0.6) is 0 Å². The Morgan fingerprint density at radius 2 is 1.78 bits per heavy atom. The fourth-order valence-corrected chi connectivity index (χ4v) is 4.23. The molecule has 0 aliphatic rings. The normalized spacial score (nSPS) is 11.6. The Bertz CT molecular complexity index is 917. The summed E-state index contributed by atoms with van der Waals surface area (Å²) in [6.07, 6.45) is 0. The number of hydrogen-bond acceptors (Lipinski definition) is 6. The van der Waals surface area contributed by atoms with E-state index in [4.69, 9.17) is 4.74 Å². The van der Waals surface area contributed by atoms with Gasteiger partial charge in [0.25, 0.3) is 5.91 Å². The van der Waals surface area contributed by atoms with Gasteiger partial charge in [0.2, 0.25) is 10.0 Å². The summed E-state index contributed by atoms with van der Waals surface area (Å²) in [5.41, 5.74) is 0.411. The van der Waals surface area contributed by atoms with Crippen LogP contribution < -0.4 is 5.32 Å². The number of thiophene rings is 1. The Hall–Kier alpha value is -2.23. The lowest BCUT2D eigenvalue weighted by molar-refractivity contribution is -0.119. The maximum absolute atomic E-state index is 12.4. The topological polar surface area (TPSA) is 92.8 Å². The molecule has 0 unspecified atom stereocenters. The third kappa shape index (κ3) is 5.38. The number of carbonyl (C=O) groups is 2. The Morgan fingerprint density at radius 1 is 1.15 bits per heavy atom. The summed E-state index contributed by atoms with van der Waals surface area (Å²) in [5, 5.41) is 2.56. The van der Waals surface area contributed by atoms with Crippen molar-refractivity contribution in [2.75, 3.05) is 19.0 Å². The van der Waals surface area contributed by atoms with E-state index in [2.05, 4.69) is 5.32 Å². The maximum atomic E-state index is 12.4. The largest absolute Gasteiger partial charge is 0.451 e. The number of sulfonamides is 1. The minimum Gasteiger partial charge on any atom is -0.451 e. The summed E-state index contributed by atoms with van der Waals surface area (Å²) in [5.74, 6) is -1.06. The minimum absolute atomic E-state index is 0.135. The number of anilines is 1. The van der Waals surface area contributed by atoms with Crippen LogP contribution in [0.4, 0.5) is 5.69 Å². The van der Waals surface area contributed by atoms with Gasteiger partial charge in [0.1, 0.15) is 4.88 Å². The van der Waals surface area contributed by atoms with Crippen molar-refractivity contribution in [2.45, 2.75) is 31.7 Å². The van der Waals surface area contributed by atoms with Crippen molar-refractivity contribution < 1.29 is 22.7 Å². The van der Waals surface area contributed by atoms with Crippen LogP contribution in [-0.2, 0) is 19.6 Å². The van der Waals surface area contributed by atoms with Crippen LogP contribution in [0.2, 0.25) is 0 Å². The van der Waals surface area contributed by atoms with Crippen molar-refractivity contribution in [1.82, 2.24) is 4.31 Å². The number of nitrogens with zero attached hydrogens (tertiary/aromatic N) is 1. The predicted octanol–water partition coefficient (Wildman–Crippen LogP) is 2.88. The summed E-state index contributed by atoms with van der Waals surface area (Å²) in [6, 6.07) is 9.10. The lowest BCUT2D eigenvalue weighted by Gasteiger charge is -2.21. The second-order valence-electron chi connectivity index (χ2n) is 6.17. The number of benzene rings is 1. The third-order valence-corrected chi connectivity index (χ3v) is 6.85. The quantitative estimate of drug-likeness (QED) is 0.709. The molecule has 27 heavy (non-hydrogen) atoms. The van der Waals surface area contributed by atoms with E-state index in [1.807, 2.05) is 6.92 Å². The van der Waals surface area contributed by atoms with Crippen LogP contribution in [0.3, 0.4) is 0 Å². The Labute approximate surface area is 163 Å². The molecule has 0 aliphatic carbocycles. The summed E-state index contributed by atoms with van der Waals surface area (Å²) in [7, 11) is -2.07. The highest BCUT2D eigenvalue weighted by Gasteiger charge is 2.22. The fourth-order valence-electron chi connectivity index (χ4n) is 2.10. The zero-order valence-electron chi connectivity index (χ0n) is 15.6. The van der Waals surface area contributed by atoms with E-state index < -0.39 is 28.5 Å². The smallest absolute Gasteiger partial charge is 0.348 e. The predicted molar refractivity (Wildman–Crippen MR) is 104 cm³/mol. The van der Waals surface area contributed by atoms with E-state index in [9.17, 15) is 18.0 Å². The standard InChI is InChI=1S/C18H22N2O5S2/c1-12(2)20(4)27(23,24)15-8-6-14(7-9-15)19-17(21)11-25-18(22)16-10-5-13(3)26-16/h5-10,12H,11H2,1-4H3,(H,19,21). The van der Waals surface area contributed by atoms with Gasteiger partial charge >= 0.3 is 5.97 Å². The molecule has 2 rings (SSSR count). The molecule has 1 heterocycles. The molecule has 7 nitrogen and oxygen atoms in total. The summed E-state index contributed by atoms with van der Waals surface area (Å²) in [6.45, 7) is 5.01. The zero-order valence-corrected chi connectivity index (χ0v) is 17.2. The van der Waals surface area contributed by atoms with Crippen LogP contribution in [0.25, 0.3) is 0 Å². The van der Waals surface area contributed by atoms with Gasteiger partial charge in [-0.25, -0.2) is 13.2 Å². The lowest BCUT2D eigenvalue weighted by atomic mass is 10.3. The van der Waals surface area contributed by atoms with Crippen LogP contribution >= 0.6 is 11.3 Å². The van der Waals surface area contributed by atoms with Crippen molar-refractivity contribution in [1.29, 1.82) is 0 Å². The molecular formula is C18H22N2O5S2. The van der Waals surface area contributed by atoms with Gasteiger partial charge in [0.15, 0.2) is 6.61 Å². The van der Waals surface area contributed by atoms with Crippen LogP contribution in [-0.4, -0.2) is 44.3 Å². The van der Waals surface area contributed by atoms with Crippen molar-refractivity contribution in [3.05, 3.63) is 46.2 Å². The molecule has 0 atom stereocenters. The number of aryl methyl sites for hydroxylation is 1. The van der Waals surface area contributed by atoms with E-state index in [1.54, 1.807) is 26.0 Å². The molecule has 146 valence electrons. The first-order chi connectivity index (χ1) is 12.6. The number of nitrogens with one attached hydrogen (secondary N) is 1. The summed E-state index contributed by atoms with van der Waals surface area (Å²) < 4.78 is 31.0. The van der Waals surface area contributed by atoms with Gasteiger partial charge in [-0.3, -0.25) is 4.79 Å². The molecule has 0 saturated heterocycles. The SMILES string of the molecule is Cc1ccc(C(=O)OCC(=O)Nc2ccc(S(=O)(=O)N(C)C(C)C)cc2)s1. The van der Waals surface area contributed by atoms with E-state index in [0.717, 1.165) is 4.88 Å². The molecule has 0 aliphatic heterocycles. The number of carbonyl (C=O) groups excluding carboxylic acids is 2. The van der Waals surface area contributed by atoms with Crippen LogP contribution in [0.15, 0.2) is 41.3 Å².